The first-order valence-electron chi connectivity index (χ1n) is 18.5. The molecule has 0 bridgehead atoms. The Morgan fingerprint density at radius 1 is 0.134 bits per heavy atom. The summed E-state index contributed by atoms with van der Waals surface area (Å²) in [6.07, 6.45) is -38.7. The van der Waals surface area contributed by atoms with Gasteiger partial charge in [0.25, 0.3) is 0 Å². The summed E-state index contributed by atoms with van der Waals surface area (Å²) in [6, 6.07) is -11.1. The van der Waals surface area contributed by atoms with E-state index in [1.165, 1.54) is 0 Å². The van der Waals surface area contributed by atoms with E-state index in [0.29, 0.717) is 0 Å². The molecular formula is C30H12F51Si. The lowest BCUT2D eigenvalue weighted by atomic mass is 9.88. The molecule has 0 aromatic carbocycles. The van der Waals surface area contributed by atoms with Gasteiger partial charge in [0.1, 0.15) is 0 Å². The van der Waals surface area contributed by atoms with E-state index in [0.717, 1.165) is 0 Å². The van der Waals surface area contributed by atoms with Crippen molar-refractivity contribution in [1.29, 1.82) is 0 Å². The number of hydrogen-bond acceptors (Lipinski definition) is 0. The van der Waals surface area contributed by atoms with Crippen molar-refractivity contribution >= 4 is 8.80 Å². The van der Waals surface area contributed by atoms with Crippen molar-refractivity contribution in [2.24, 2.45) is 0 Å². The molecule has 0 aliphatic carbocycles. The maximum absolute atomic E-state index is 14.6. The number of alkyl halides is 51. The SMILES string of the molecule is FC(F)(F)C(F)(F)C(F)(F)C(F)(F)C(F)(F)C(F)(F)C(F)(F)C(F)(F)CC[Si](CCC(F)(F)C(F)(F)C(F)(F)C(F)(F)C(F)(F)C(F)(F)C(F)(F)C(F)(F)F)CCC(F)(F)C(F)(F)C(F)(F)C(F)(F)C(F)(F)C(F)(F)C(F)(F)C(F)(F)F. The van der Waals surface area contributed by atoms with Gasteiger partial charge in [-0.15, -0.1) is 0 Å². The van der Waals surface area contributed by atoms with Crippen molar-refractivity contribution in [3.8, 4) is 0 Å². The van der Waals surface area contributed by atoms with Gasteiger partial charge in [0.15, 0.2) is 0 Å². The van der Waals surface area contributed by atoms with Crippen LogP contribution in [0.1, 0.15) is 19.3 Å². The first kappa shape index (κ1) is 78.6. The minimum atomic E-state index is -9.63. The van der Waals surface area contributed by atoms with Gasteiger partial charge in [-0.1, -0.05) is 18.1 Å². The number of rotatable bonds is 27. The first-order chi connectivity index (χ1) is 34.5. The van der Waals surface area contributed by atoms with Crippen LogP contribution < -0.4 is 0 Å². The van der Waals surface area contributed by atoms with E-state index >= 15 is 0 Å². The van der Waals surface area contributed by atoms with Gasteiger partial charge in [0, 0.05) is 28.1 Å². The molecule has 0 aromatic heterocycles. The largest absolute Gasteiger partial charge is 0.460 e. The van der Waals surface area contributed by atoms with E-state index in [2.05, 4.69) is 0 Å². The highest BCUT2D eigenvalue weighted by Gasteiger charge is 2.98. The van der Waals surface area contributed by atoms with E-state index in [-0.39, 0.29) is 0 Å². The van der Waals surface area contributed by atoms with Crippen LogP contribution in [0.2, 0.25) is 18.1 Å². The van der Waals surface area contributed by atoms with Crippen molar-refractivity contribution in [2.75, 3.05) is 0 Å². The molecule has 0 saturated heterocycles. The van der Waals surface area contributed by atoms with Crippen LogP contribution in [0.15, 0.2) is 0 Å². The second-order valence-corrected chi connectivity index (χ2v) is 19.2. The molecule has 0 spiro atoms. The highest BCUT2D eigenvalue weighted by molar-refractivity contribution is 6.58. The summed E-state index contributed by atoms with van der Waals surface area (Å²) in [7, 11) is -6.03. The summed E-state index contributed by atoms with van der Waals surface area (Å²) >= 11 is 0. The topological polar surface area (TPSA) is 0 Å². The lowest BCUT2D eigenvalue weighted by Gasteiger charge is -2.43. The third-order valence-electron chi connectivity index (χ3n) is 10.7. The lowest BCUT2D eigenvalue weighted by molar-refractivity contribution is -0.461. The van der Waals surface area contributed by atoms with Crippen LogP contribution in [-0.2, 0) is 0 Å². The molecule has 0 amide bonds. The Morgan fingerprint density at radius 2 is 0.232 bits per heavy atom. The maximum Gasteiger partial charge on any atom is 0.460 e. The van der Waals surface area contributed by atoms with Crippen molar-refractivity contribution in [2.45, 2.75) is 180 Å². The third-order valence-corrected chi connectivity index (χ3v) is 13.6. The number of halogens is 51. The van der Waals surface area contributed by atoms with E-state index in [1.54, 1.807) is 0 Å². The predicted molar refractivity (Wildman–Crippen MR) is 156 cm³/mol. The molecule has 0 heterocycles. The summed E-state index contributed by atoms with van der Waals surface area (Å²) in [5.41, 5.74) is 0. The third kappa shape index (κ3) is 10.6. The van der Waals surface area contributed by atoms with Gasteiger partial charge >= 0.3 is 143 Å². The highest BCUT2D eigenvalue weighted by Crippen LogP contribution is 2.68. The zero-order valence-corrected chi connectivity index (χ0v) is 37.0. The molecule has 0 saturated carbocycles. The molecule has 0 atom stereocenters. The van der Waals surface area contributed by atoms with E-state index < -0.39 is 189 Å². The Hall–Kier alpha value is -3.35. The molecule has 0 nitrogen and oxygen atoms in total. The van der Waals surface area contributed by atoms with Crippen molar-refractivity contribution < 1.29 is 224 Å². The smallest absolute Gasteiger partial charge is 0.200 e. The zero-order chi connectivity index (χ0) is 67.8. The molecule has 0 aromatic rings. The zero-order valence-electron chi connectivity index (χ0n) is 36.0. The Morgan fingerprint density at radius 3 is 0.341 bits per heavy atom. The second kappa shape index (κ2) is 20.4. The normalized spacial score (nSPS) is 17.1. The molecule has 1 radical (unpaired) electrons. The first-order valence-corrected chi connectivity index (χ1v) is 20.6. The number of hydrogen-bond donors (Lipinski definition) is 0. The van der Waals surface area contributed by atoms with Crippen LogP contribution in [0.4, 0.5) is 224 Å². The van der Waals surface area contributed by atoms with E-state index in [1.807, 2.05) is 0 Å². The standard InChI is InChI=1S/C30H12F51Si/c31-7(32,10(37,38)13(43,44)16(49,50)19(55,56)22(61,62)25(67,68)28(73,74)75)1-4-82(5-2-8(33,34)11(39,40)14(45,46)17(51,52)20(57,58)23(63,64)26(69,70)29(76,77)78)6-3-9(35,36)12(41,42)15(47,48)18(53,54)21(59,60)24(65,66)27(71,72)30(79,80)81/h1-6H2. The Bertz CT molecular complexity index is 1950. The van der Waals surface area contributed by atoms with Gasteiger partial charge in [0.05, 0.1) is 0 Å². The molecule has 0 aliphatic rings. The summed E-state index contributed by atoms with van der Waals surface area (Å²) in [6.45, 7) is 0. The van der Waals surface area contributed by atoms with Crippen LogP contribution in [0.25, 0.3) is 0 Å². The average molecular weight is 1370 g/mol. The van der Waals surface area contributed by atoms with Gasteiger partial charge in [-0.2, -0.15) is 224 Å². The average Bonchev–Trinajstić information content (AvgIpc) is 3.23. The van der Waals surface area contributed by atoms with Crippen LogP contribution in [0.5, 0.6) is 0 Å². The summed E-state index contributed by atoms with van der Waals surface area (Å²) < 4.78 is 696. The van der Waals surface area contributed by atoms with Crippen molar-refractivity contribution in [3.63, 3.8) is 0 Å². The molecule has 0 aliphatic heterocycles. The van der Waals surface area contributed by atoms with E-state index in [9.17, 15) is 224 Å². The fraction of sp³-hybridized carbons (Fsp3) is 1.00. The van der Waals surface area contributed by atoms with Crippen molar-refractivity contribution in [1.82, 2.24) is 0 Å². The highest BCUT2D eigenvalue weighted by atomic mass is 28.3. The van der Waals surface area contributed by atoms with Gasteiger partial charge in [-0.05, 0) is 0 Å². The Kier molecular flexibility index (Phi) is 19.5. The van der Waals surface area contributed by atoms with Crippen LogP contribution >= 0.6 is 0 Å². The molecule has 82 heavy (non-hydrogen) atoms. The van der Waals surface area contributed by atoms with E-state index in [4.69, 9.17) is 0 Å². The van der Waals surface area contributed by atoms with Gasteiger partial charge < -0.3 is 0 Å². The monoisotopic (exact) mass is 1370 g/mol. The molecule has 0 N–H and O–H groups in total. The van der Waals surface area contributed by atoms with Crippen LogP contribution in [0, 0.1) is 0 Å². The van der Waals surface area contributed by atoms with Crippen LogP contribution in [0.3, 0.4) is 0 Å². The van der Waals surface area contributed by atoms with Gasteiger partial charge in [-0.3, -0.25) is 0 Å². The molecule has 493 valence electrons. The summed E-state index contributed by atoms with van der Waals surface area (Å²) in [5, 5.41) is 0. The van der Waals surface area contributed by atoms with Crippen LogP contribution in [-0.4, -0.2) is 152 Å². The molecule has 0 unspecified atom stereocenters. The predicted octanol–water partition coefficient (Wildman–Crippen LogP) is 18.7. The quantitative estimate of drug-likeness (QED) is 0.0568. The fourth-order valence-electron chi connectivity index (χ4n) is 5.44. The maximum atomic E-state index is 14.6. The molecular weight excluding hydrogens is 1360 g/mol. The summed E-state index contributed by atoms with van der Waals surface area (Å²) in [4.78, 5) is 0. The second-order valence-electron chi connectivity index (χ2n) is 16.2. The molecule has 0 fully saturated rings. The minimum Gasteiger partial charge on any atom is -0.200 e. The van der Waals surface area contributed by atoms with Gasteiger partial charge in [-0.25, -0.2) is 0 Å². The lowest BCUT2D eigenvalue weighted by Crippen LogP contribution is -2.74. The fourth-order valence-corrected chi connectivity index (χ4v) is 8.19. The van der Waals surface area contributed by atoms with Crippen molar-refractivity contribution in [3.05, 3.63) is 0 Å². The van der Waals surface area contributed by atoms with Gasteiger partial charge in [0.2, 0.25) is 0 Å². The Balaban J connectivity index is 8.16. The Labute approximate surface area is 414 Å². The molecule has 52 heteroatoms. The minimum absolute atomic E-state index is 3.69. The molecule has 0 rings (SSSR count). The summed E-state index contributed by atoms with van der Waals surface area (Å²) in [5.74, 6) is -193.